The molecule has 0 aliphatic rings. The summed E-state index contributed by atoms with van der Waals surface area (Å²) in [6.07, 6.45) is 0. The number of methoxy groups -OCH3 is 1. The van der Waals surface area contributed by atoms with Gasteiger partial charge in [0, 0.05) is 7.11 Å². The van der Waals surface area contributed by atoms with Crippen molar-refractivity contribution in [1.82, 2.24) is 5.01 Å². The second-order valence-electron chi connectivity index (χ2n) is 2.05. The van der Waals surface area contributed by atoms with Crippen LogP contribution < -0.4 is 11.6 Å². The molecule has 0 bridgehead atoms. The highest BCUT2D eigenvalue weighted by Crippen LogP contribution is 1.91. The number of hydrazine groups is 1. The van der Waals surface area contributed by atoms with Crippen LogP contribution in [0, 0.1) is 0 Å². The Hall–Kier alpha value is -0.390. The molecule has 0 spiro atoms. The van der Waals surface area contributed by atoms with E-state index in [-0.39, 0.29) is 11.2 Å². The molecule has 1 unspecified atom stereocenters. The Morgan fingerprint density at radius 3 is 2.60 bits per heavy atom. The molecule has 0 radical (unpaired) electrons. The zero-order chi connectivity index (χ0) is 8.15. The molecule has 4 N–H and O–H groups in total. The number of rotatable bonds is 3. The Labute approximate surface area is 66.1 Å². The van der Waals surface area contributed by atoms with Gasteiger partial charge in [-0.15, -0.1) is 0 Å². The van der Waals surface area contributed by atoms with Crippen molar-refractivity contribution in [3.63, 3.8) is 0 Å². The maximum Gasteiger partial charge on any atom is 0.180 e. The molecule has 10 heavy (non-hydrogen) atoms. The summed E-state index contributed by atoms with van der Waals surface area (Å²) >= 11 is 4.63. The lowest BCUT2D eigenvalue weighted by Gasteiger charge is -2.23. The fourth-order valence-corrected chi connectivity index (χ4v) is 0.719. The Balaban J connectivity index is 3.69. The van der Waals surface area contributed by atoms with Crippen molar-refractivity contribution in [2.24, 2.45) is 11.6 Å². The van der Waals surface area contributed by atoms with E-state index in [9.17, 15) is 0 Å². The minimum absolute atomic E-state index is 0.0301. The average Bonchev–Trinajstić information content (AvgIpc) is 1.87. The van der Waals surface area contributed by atoms with Crippen molar-refractivity contribution in [2.45, 2.75) is 13.0 Å². The minimum Gasteiger partial charge on any atom is -0.382 e. The van der Waals surface area contributed by atoms with Crippen molar-refractivity contribution in [1.29, 1.82) is 0 Å². The molecule has 0 rings (SSSR count). The van der Waals surface area contributed by atoms with Gasteiger partial charge in [0.1, 0.15) is 0 Å². The van der Waals surface area contributed by atoms with Crippen molar-refractivity contribution in [3.8, 4) is 0 Å². The molecular formula is C5H13N3OS. The molecule has 60 valence electrons. The maximum atomic E-state index is 5.43. The van der Waals surface area contributed by atoms with Gasteiger partial charge in [-0.25, -0.2) is 5.84 Å². The van der Waals surface area contributed by atoms with Gasteiger partial charge in [0.15, 0.2) is 5.11 Å². The molecule has 1 atom stereocenters. The van der Waals surface area contributed by atoms with Crippen LogP contribution in [0.15, 0.2) is 0 Å². The van der Waals surface area contributed by atoms with Crippen molar-refractivity contribution >= 4 is 17.3 Å². The normalized spacial score (nSPS) is 12.7. The van der Waals surface area contributed by atoms with E-state index >= 15 is 0 Å². The van der Waals surface area contributed by atoms with Gasteiger partial charge in [-0.2, -0.15) is 0 Å². The third kappa shape index (κ3) is 2.95. The molecule has 5 heteroatoms. The average molecular weight is 163 g/mol. The van der Waals surface area contributed by atoms with Crippen LogP contribution in [0.1, 0.15) is 6.92 Å². The first-order chi connectivity index (χ1) is 4.59. The van der Waals surface area contributed by atoms with Crippen LogP contribution in [-0.2, 0) is 4.74 Å². The van der Waals surface area contributed by atoms with E-state index in [1.54, 1.807) is 7.11 Å². The largest absolute Gasteiger partial charge is 0.382 e. The van der Waals surface area contributed by atoms with Crippen molar-refractivity contribution < 1.29 is 4.74 Å². The van der Waals surface area contributed by atoms with Gasteiger partial charge in [-0.3, -0.25) is 5.01 Å². The molecule has 0 aliphatic carbocycles. The van der Waals surface area contributed by atoms with Crippen LogP contribution in [0.4, 0.5) is 0 Å². The predicted molar refractivity (Wildman–Crippen MR) is 44.1 cm³/mol. The number of thiocarbonyl (C=S) groups is 1. The standard InChI is InChI=1S/C5H13N3OS/c1-4(3-9-2)8(7)5(6)10/h4H,3,7H2,1-2H3,(H2,6,10). The van der Waals surface area contributed by atoms with E-state index in [2.05, 4.69) is 12.2 Å². The Morgan fingerprint density at radius 2 is 2.30 bits per heavy atom. The van der Waals surface area contributed by atoms with Gasteiger partial charge in [0.2, 0.25) is 0 Å². The summed E-state index contributed by atoms with van der Waals surface area (Å²) in [5, 5.41) is 1.49. The lowest BCUT2D eigenvalue weighted by atomic mass is 10.3. The first-order valence-corrected chi connectivity index (χ1v) is 3.32. The maximum absolute atomic E-state index is 5.43. The first-order valence-electron chi connectivity index (χ1n) is 2.92. The SMILES string of the molecule is COCC(C)N(N)C(N)=S. The number of hydrogen-bond donors (Lipinski definition) is 2. The predicted octanol–water partition coefficient (Wildman–Crippen LogP) is -0.559. The summed E-state index contributed by atoms with van der Waals surface area (Å²) < 4.78 is 4.84. The fourth-order valence-electron chi connectivity index (χ4n) is 0.539. The van der Waals surface area contributed by atoms with Crippen molar-refractivity contribution in [3.05, 3.63) is 0 Å². The smallest absolute Gasteiger partial charge is 0.180 e. The summed E-state index contributed by atoms with van der Waals surface area (Å²) in [5.41, 5.74) is 5.24. The number of hydrogen-bond acceptors (Lipinski definition) is 3. The molecule has 0 aromatic heterocycles. The lowest BCUT2D eigenvalue weighted by molar-refractivity contribution is 0.137. The van der Waals surface area contributed by atoms with E-state index in [1.807, 2.05) is 6.92 Å². The lowest BCUT2D eigenvalue weighted by Crippen LogP contribution is -2.48. The van der Waals surface area contributed by atoms with E-state index < -0.39 is 0 Å². The van der Waals surface area contributed by atoms with Gasteiger partial charge in [0.05, 0.1) is 12.6 Å². The summed E-state index contributed by atoms with van der Waals surface area (Å²) in [6, 6.07) is 0.0301. The summed E-state index contributed by atoms with van der Waals surface area (Å²) in [6.45, 7) is 2.40. The Morgan fingerprint density at radius 1 is 1.80 bits per heavy atom. The van der Waals surface area contributed by atoms with Crippen LogP contribution in [0.3, 0.4) is 0 Å². The van der Waals surface area contributed by atoms with Gasteiger partial charge >= 0.3 is 0 Å². The first kappa shape index (κ1) is 9.61. The highest BCUT2D eigenvalue weighted by atomic mass is 32.1. The number of nitrogens with zero attached hydrogens (tertiary/aromatic N) is 1. The van der Waals surface area contributed by atoms with Crippen LogP contribution in [0.25, 0.3) is 0 Å². The number of nitrogens with two attached hydrogens (primary N) is 2. The van der Waals surface area contributed by atoms with Crippen molar-refractivity contribution in [2.75, 3.05) is 13.7 Å². The molecule has 0 aromatic carbocycles. The molecule has 0 saturated carbocycles. The Bertz CT molecular complexity index is 119. The fraction of sp³-hybridized carbons (Fsp3) is 0.800. The molecular weight excluding hydrogens is 150 g/mol. The topological polar surface area (TPSA) is 64.5 Å². The van der Waals surface area contributed by atoms with E-state index in [0.717, 1.165) is 0 Å². The zero-order valence-corrected chi connectivity index (χ0v) is 7.02. The highest BCUT2D eigenvalue weighted by Gasteiger charge is 2.09. The molecule has 0 aromatic rings. The molecule has 0 fully saturated rings. The molecule has 0 heterocycles. The summed E-state index contributed by atoms with van der Waals surface area (Å²) in [4.78, 5) is 0. The molecule has 0 amide bonds. The van der Waals surface area contributed by atoms with E-state index in [0.29, 0.717) is 6.61 Å². The highest BCUT2D eigenvalue weighted by molar-refractivity contribution is 7.80. The molecule has 0 saturated heterocycles. The van der Waals surface area contributed by atoms with Crippen LogP contribution in [-0.4, -0.2) is 29.9 Å². The van der Waals surface area contributed by atoms with E-state index in [1.165, 1.54) is 5.01 Å². The quantitative estimate of drug-likeness (QED) is 0.332. The second kappa shape index (κ2) is 4.43. The second-order valence-corrected chi connectivity index (χ2v) is 2.47. The van der Waals surface area contributed by atoms with Crippen LogP contribution in [0.5, 0.6) is 0 Å². The van der Waals surface area contributed by atoms with Crippen LogP contribution >= 0.6 is 12.2 Å². The van der Waals surface area contributed by atoms with Gasteiger partial charge in [-0.1, -0.05) is 0 Å². The summed E-state index contributed by atoms with van der Waals surface area (Å²) in [5.74, 6) is 5.43. The van der Waals surface area contributed by atoms with E-state index in [4.69, 9.17) is 16.3 Å². The summed E-state index contributed by atoms with van der Waals surface area (Å²) in [7, 11) is 1.60. The van der Waals surface area contributed by atoms with Gasteiger partial charge in [-0.05, 0) is 19.1 Å². The van der Waals surface area contributed by atoms with Crippen LogP contribution in [0.2, 0.25) is 0 Å². The van der Waals surface area contributed by atoms with Gasteiger partial charge in [0.25, 0.3) is 0 Å². The Kier molecular flexibility index (Phi) is 4.26. The third-order valence-electron chi connectivity index (χ3n) is 1.14. The minimum atomic E-state index is 0.0301. The van der Waals surface area contributed by atoms with Gasteiger partial charge < -0.3 is 10.5 Å². The zero-order valence-electron chi connectivity index (χ0n) is 6.20. The monoisotopic (exact) mass is 163 g/mol. The molecule has 4 nitrogen and oxygen atoms in total. The molecule has 0 aliphatic heterocycles. The number of ether oxygens (including phenoxy) is 1. The third-order valence-corrected chi connectivity index (χ3v) is 1.35.